The summed E-state index contributed by atoms with van der Waals surface area (Å²) in [6, 6.07) is 5.53. The third-order valence-electron chi connectivity index (χ3n) is 5.14. The summed E-state index contributed by atoms with van der Waals surface area (Å²) in [5.74, 6) is -0.0416. The van der Waals surface area contributed by atoms with E-state index in [1.165, 1.54) is 10.9 Å². The lowest BCUT2D eigenvalue weighted by Gasteiger charge is -2.34. The molecule has 0 saturated carbocycles. The van der Waals surface area contributed by atoms with Crippen LogP contribution in [0.2, 0.25) is 0 Å². The molecule has 146 valence electrons. The third-order valence-corrected chi connectivity index (χ3v) is 5.96. The highest BCUT2D eigenvalue weighted by molar-refractivity contribution is 7.09. The Morgan fingerprint density at radius 2 is 1.96 bits per heavy atom. The summed E-state index contributed by atoms with van der Waals surface area (Å²) in [6.45, 7) is 7.74. The quantitative estimate of drug-likeness (QED) is 0.672. The van der Waals surface area contributed by atoms with Crippen molar-refractivity contribution >= 4 is 28.1 Å². The van der Waals surface area contributed by atoms with Crippen LogP contribution in [0.1, 0.15) is 16.3 Å². The normalized spacial score (nSPS) is 15.3. The summed E-state index contributed by atoms with van der Waals surface area (Å²) < 4.78 is 1.41. The first kappa shape index (κ1) is 18.8. The first-order valence-electron chi connectivity index (χ1n) is 9.37. The molecule has 0 unspecified atom stereocenters. The summed E-state index contributed by atoms with van der Waals surface area (Å²) in [7, 11) is 0. The molecular weight excluding hydrogens is 374 g/mol. The van der Waals surface area contributed by atoms with Gasteiger partial charge in [-0.1, -0.05) is 12.1 Å². The van der Waals surface area contributed by atoms with Gasteiger partial charge in [0, 0.05) is 38.1 Å². The molecule has 4 rings (SSSR count). The molecule has 1 amide bonds. The van der Waals surface area contributed by atoms with E-state index in [0.717, 1.165) is 35.9 Å². The van der Waals surface area contributed by atoms with Gasteiger partial charge in [0.2, 0.25) is 5.91 Å². The SMILES string of the molecule is Cc1nc(CN2CCN(C(=O)Cn3cnc4c(C)cccc4c3=O)CC2)cs1. The highest BCUT2D eigenvalue weighted by atomic mass is 32.1. The second kappa shape index (κ2) is 7.81. The second-order valence-electron chi connectivity index (χ2n) is 7.16. The molecule has 0 spiro atoms. The van der Waals surface area contributed by atoms with Gasteiger partial charge in [0.25, 0.3) is 5.56 Å². The van der Waals surface area contributed by atoms with E-state index in [9.17, 15) is 9.59 Å². The van der Waals surface area contributed by atoms with Crippen molar-refractivity contribution in [1.29, 1.82) is 0 Å². The van der Waals surface area contributed by atoms with Crippen LogP contribution in [0.3, 0.4) is 0 Å². The van der Waals surface area contributed by atoms with E-state index in [2.05, 4.69) is 20.2 Å². The molecule has 3 aromatic rings. The van der Waals surface area contributed by atoms with Gasteiger partial charge in [-0.3, -0.25) is 19.1 Å². The summed E-state index contributed by atoms with van der Waals surface area (Å²) in [4.78, 5) is 38.4. The minimum Gasteiger partial charge on any atom is -0.339 e. The molecule has 1 saturated heterocycles. The molecule has 7 nitrogen and oxygen atoms in total. The summed E-state index contributed by atoms with van der Waals surface area (Å²) in [5, 5.41) is 3.72. The standard InChI is InChI=1S/C20H23N5O2S/c1-14-4-3-5-17-19(14)21-13-25(20(17)27)11-18(26)24-8-6-23(7-9-24)10-16-12-28-15(2)22-16/h3-5,12-13H,6-11H2,1-2H3. The van der Waals surface area contributed by atoms with E-state index >= 15 is 0 Å². The third kappa shape index (κ3) is 3.83. The van der Waals surface area contributed by atoms with Crippen LogP contribution in [0.5, 0.6) is 0 Å². The van der Waals surface area contributed by atoms with Crippen LogP contribution in [-0.2, 0) is 17.9 Å². The number of nitrogens with zero attached hydrogens (tertiary/aromatic N) is 5. The van der Waals surface area contributed by atoms with Gasteiger partial charge in [-0.2, -0.15) is 0 Å². The summed E-state index contributed by atoms with van der Waals surface area (Å²) in [5.41, 5.74) is 2.58. The van der Waals surface area contributed by atoms with Gasteiger partial charge in [-0.25, -0.2) is 9.97 Å². The molecule has 3 heterocycles. The average molecular weight is 398 g/mol. The largest absolute Gasteiger partial charge is 0.339 e. The molecule has 0 N–H and O–H groups in total. The van der Waals surface area contributed by atoms with E-state index in [4.69, 9.17) is 0 Å². The molecule has 28 heavy (non-hydrogen) atoms. The number of amides is 1. The van der Waals surface area contributed by atoms with E-state index in [0.29, 0.717) is 24.0 Å². The molecule has 2 aromatic heterocycles. The highest BCUT2D eigenvalue weighted by Crippen LogP contribution is 2.13. The number of piperazine rings is 1. The Morgan fingerprint density at radius 1 is 1.18 bits per heavy atom. The second-order valence-corrected chi connectivity index (χ2v) is 8.23. The average Bonchev–Trinajstić information content (AvgIpc) is 3.10. The number of aromatic nitrogens is 3. The Hall–Kier alpha value is -2.58. The van der Waals surface area contributed by atoms with Crippen molar-refractivity contribution in [3.05, 3.63) is 56.5 Å². The van der Waals surface area contributed by atoms with Crippen LogP contribution < -0.4 is 5.56 Å². The number of para-hydroxylation sites is 1. The zero-order chi connectivity index (χ0) is 19.7. The molecule has 1 aromatic carbocycles. The van der Waals surface area contributed by atoms with Crippen molar-refractivity contribution in [1.82, 2.24) is 24.3 Å². The number of carbonyl (C=O) groups excluding carboxylic acids is 1. The predicted octanol–water partition coefficient (Wildman–Crippen LogP) is 1.81. The van der Waals surface area contributed by atoms with Crippen molar-refractivity contribution < 1.29 is 4.79 Å². The molecule has 1 aliphatic heterocycles. The number of benzene rings is 1. The fourth-order valence-corrected chi connectivity index (χ4v) is 4.16. The van der Waals surface area contributed by atoms with Crippen LogP contribution in [0.15, 0.2) is 34.7 Å². The van der Waals surface area contributed by atoms with E-state index in [1.807, 2.05) is 30.9 Å². The molecule has 8 heteroatoms. The minimum atomic E-state index is -0.167. The van der Waals surface area contributed by atoms with Crippen molar-refractivity contribution in [3.8, 4) is 0 Å². The Morgan fingerprint density at radius 3 is 2.68 bits per heavy atom. The van der Waals surface area contributed by atoms with E-state index in [-0.39, 0.29) is 18.0 Å². The zero-order valence-electron chi connectivity index (χ0n) is 16.1. The van der Waals surface area contributed by atoms with E-state index < -0.39 is 0 Å². The number of aryl methyl sites for hydroxylation is 2. The smallest absolute Gasteiger partial charge is 0.261 e. The van der Waals surface area contributed by atoms with Crippen molar-refractivity contribution in [2.24, 2.45) is 0 Å². The molecular formula is C20H23N5O2S. The number of hydrogen-bond acceptors (Lipinski definition) is 6. The van der Waals surface area contributed by atoms with Crippen molar-refractivity contribution in [2.75, 3.05) is 26.2 Å². The topological polar surface area (TPSA) is 71.3 Å². The van der Waals surface area contributed by atoms with E-state index in [1.54, 1.807) is 17.4 Å². The Labute approximate surface area is 167 Å². The van der Waals surface area contributed by atoms with Gasteiger partial charge >= 0.3 is 0 Å². The Balaban J connectivity index is 1.39. The number of carbonyl (C=O) groups is 1. The minimum absolute atomic E-state index is 0.0288. The van der Waals surface area contributed by atoms with Crippen LogP contribution in [0.4, 0.5) is 0 Å². The maximum Gasteiger partial charge on any atom is 0.261 e. The number of fused-ring (bicyclic) bond motifs is 1. The van der Waals surface area contributed by atoms with Gasteiger partial charge in [-0.05, 0) is 25.5 Å². The molecule has 1 aliphatic rings. The lowest BCUT2D eigenvalue weighted by molar-refractivity contribution is -0.133. The zero-order valence-corrected chi connectivity index (χ0v) is 16.9. The summed E-state index contributed by atoms with van der Waals surface area (Å²) in [6.07, 6.45) is 1.48. The van der Waals surface area contributed by atoms with Gasteiger partial charge in [0.15, 0.2) is 0 Å². The summed E-state index contributed by atoms with van der Waals surface area (Å²) >= 11 is 1.66. The molecule has 0 bridgehead atoms. The van der Waals surface area contributed by atoms with Crippen molar-refractivity contribution in [3.63, 3.8) is 0 Å². The number of hydrogen-bond donors (Lipinski definition) is 0. The number of rotatable bonds is 4. The fraction of sp³-hybridized carbons (Fsp3) is 0.400. The predicted molar refractivity (Wildman–Crippen MR) is 109 cm³/mol. The highest BCUT2D eigenvalue weighted by Gasteiger charge is 2.22. The first-order chi connectivity index (χ1) is 13.5. The molecule has 0 radical (unpaired) electrons. The van der Waals surface area contributed by atoms with Crippen molar-refractivity contribution in [2.45, 2.75) is 26.9 Å². The Kier molecular flexibility index (Phi) is 5.23. The lowest BCUT2D eigenvalue weighted by Crippen LogP contribution is -2.49. The first-order valence-corrected chi connectivity index (χ1v) is 10.2. The van der Waals surface area contributed by atoms with Gasteiger partial charge in [-0.15, -0.1) is 11.3 Å². The molecule has 0 aliphatic carbocycles. The maximum atomic E-state index is 12.7. The van der Waals surface area contributed by atoms with Crippen LogP contribution in [0.25, 0.3) is 10.9 Å². The van der Waals surface area contributed by atoms with Gasteiger partial charge < -0.3 is 4.90 Å². The van der Waals surface area contributed by atoms with Gasteiger partial charge in [0.1, 0.15) is 6.54 Å². The lowest BCUT2D eigenvalue weighted by atomic mass is 10.1. The fourth-order valence-electron chi connectivity index (χ4n) is 3.56. The number of thiazole rings is 1. The molecule has 0 atom stereocenters. The van der Waals surface area contributed by atoms with Crippen LogP contribution >= 0.6 is 11.3 Å². The monoisotopic (exact) mass is 397 g/mol. The van der Waals surface area contributed by atoms with Crippen LogP contribution in [-0.4, -0.2) is 56.4 Å². The van der Waals surface area contributed by atoms with Crippen LogP contribution in [0, 0.1) is 13.8 Å². The maximum absolute atomic E-state index is 12.7. The molecule has 1 fully saturated rings. The van der Waals surface area contributed by atoms with Gasteiger partial charge in [0.05, 0.1) is 27.9 Å². The Bertz CT molecular complexity index is 1070.